The summed E-state index contributed by atoms with van der Waals surface area (Å²) in [5.74, 6) is 1.57. The lowest BCUT2D eigenvalue weighted by Crippen LogP contribution is -2.17. The van der Waals surface area contributed by atoms with Crippen molar-refractivity contribution in [2.75, 3.05) is 32.8 Å². The van der Waals surface area contributed by atoms with Gasteiger partial charge in [0.2, 0.25) is 0 Å². The van der Waals surface area contributed by atoms with Crippen molar-refractivity contribution in [1.29, 1.82) is 0 Å². The van der Waals surface area contributed by atoms with Crippen LogP contribution in [0.25, 0.3) is 0 Å². The topological polar surface area (TPSA) is 78.4 Å². The number of nitrogens with zero attached hydrogens (tertiary/aromatic N) is 1. The molecule has 7 nitrogen and oxygen atoms in total. The molecule has 0 spiro atoms. The molecule has 0 aliphatic rings. The lowest BCUT2D eigenvalue weighted by atomic mass is 10.2. The smallest absolute Gasteiger partial charge is 0.265 e. The normalized spacial score (nSPS) is 10.4. The third kappa shape index (κ3) is 5.70. The van der Waals surface area contributed by atoms with Gasteiger partial charge < -0.3 is 24.4 Å². The third-order valence-electron chi connectivity index (χ3n) is 3.35. The zero-order valence-corrected chi connectivity index (χ0v) is 15.0. The summed E-state index contributed by atoms with van der Waals surface area (Å²) in [6.07, 6.45) is 1.52. The summed E-state index contributed by atoms with van der Waals surface area (Å²) in [6.45, 7) is 2.32. The Morgan fingerprint density at radius 1 is 1.08 bits per heavy atom. The van der Waals surface area contributed by atoms with Gasteiger partial charge in [-0.2, -0.15) is 0 Å². The first-order valence-electron chi connectivity index (χ1n) is 8.06. The van der Waals surface area contributed by atoms with E-state index in [2.05, 4.69) is 10.5 Å². The highest BCUT2D eigenvalue weighted by atomic mass is 16.6. The highest BCUT2D eigenvalue weighted by Gasteiger charge is 2.09. The van der Waals surface area contributed by atoms with Crippen LogP contribution >= 0.6 is 0 Å². The Labute approximate surface area is 152 Å². The molecule has 0 saturated heterocycles. The molecular formula is C19H22N2O5. The SMILES string of the molecule is CCOc1ccc(/C=N\OCC(=O)Nc2ccc(OC)cc2OC)cc1. The van der Waals surface area contributed by atoms with Crippen molar-refractivity contribution in [2.24, 2.45) is 5.16 Å². The number of hydrogen-bond acceptors (Lipinski definition) is 6. The van der Waals surface area contributed by atoms with E-state index in [1.807, 2.05) is 31.2 Å². The molecule has 0 radical (unpaired) electrons. The Morgan fingerprint density at radius 2 is 1.81 bits per heavy atom. The molecule has 7 heteroatoms. The quantitative estimate of drug-likeness (QED) is 0.550. The van der Waals surface area contributed by atoms with Crippen molar-refractivity contribution in [3.05, 3.63) is 48.0 Å². The van der Waals surface area contributed by atoms with Gasteiger partial charge in [-0.3, -0.25) is 4.79 Å². The van der Waals surface area contributed by atoms with Gasteiger partial charge in [0.1, 0.15) is 17.2 Å². The Balaban J connectivity index is 1.83. The molecule has 138 valence electrons. The van der Waals surface area contributed by atoms with E-state index in [9.17, 15) is 4.79 Å². The fourth-order valence-electron chi connectivity index (χ4n) is 2.10. The molecule has 0 bridgehead atoms. The van der Waals surface area contributed by atoms with Gasteiger partial charge >= 0.3 is 0 Å². The van der Waals surface area contributed by atoms with E-state index in [4.69, 9.17) is 19.0 Å². The molecule has 0 saturated carbocycles. The van der Waals surface area contributed by atoms with Crippen molar-refractivity contribution < 1.29 is 23.8 Å². The van der Waals surface area contributed by atoms with Gasteiger partial charge in [0.05, 0.1) is 32.7 Å². The number of anilines is 1. The minimum atomic E-state index is -0.350. The summed E-state index contributed by atoms with van der Waals surface area (Å²) in [6, 6.07) is 12.5. The van der Waals surface area contributed by atoms with Crippen molar-refractivity contribution >= 4 is 17.8 Å². The minimum Gasteiger partial charge on any atom is -0.497 e. The number of hydrogen-bond donors (Lipinski definition) is 1. The van der Waals surface area contributed by atoms with Gasteiger partial charge in [0.25, 0.3) is 5.91 Å². The monoisotopic (exact) mass is 358 g/mol. The summed E-state index contributed by atoms with van der Waals surface area (Å²) >= 11 is 0. The van der Waals surface area contributed by atoms with Gasteiger partial charge in [-0.05, 0) is 48.9 Å². The number of oxime groups is 1. The molecule has 26 heavy (non-hydrogen) atoms. The maximum atomic E-state index is 11.9. The average molecular weight is 358 g/mol. The Bertz CT molecular complexity index is 744. The maximum Gasteiger partial charge on any atom is 0.265 e. The number of nitrogens with one attached hydrogen (secondary N) is 1. The second-order valence-corrected chi connectivity index (χ2v) is 5.12. The van der Waals surface area contributed by atoms with Crippen LogP contribution in [0.2, 0.25) is 0 Å². The van der Waals surface area contributed by atoms with Crippen LogP contribution in [0.4, 0.5) is 5.69 Å². The average Bonchev–Trinajstić information content (AvgIpc) is 2.67. The van der Waals surface area contributed by atoms with Crippen LogP contribution in [-0.2, 0) is 9.63 Å². The van der Waals surface area contributed by atoms with Crippen LogP contribution < -0.4 is 19.5 Å². The van der Waals surface area contributed by atoms with E-state index in [0.717, 1.165) is 11.3 Å². The van der Waals surface area contributed by atoms with Gasteiger partial charge in [0, 0.05) is 6.07 Å². The highest BCUT2D eigenvalue weighted by molar-refractivity contribution is 5.93. The summed E-state index contributed by atoms with van der Waals surface area (Å²) in [5.41, 5.74) is 1.36. The van der Waals surface area contributed by atoms with Gasteiger partial charge in [-0.1, -0.05) is 5.16 Å². The molecule has 0 heterocycles. The Hall–Kier alpha value is -3.22. The van der Waals surface area contributed by atoms with Crippen molar-refractivity contribution in [2.45, 2.75) is 6.92 Å². The molecule has 0 unspecified atom stereocenters. The van der Waals surface area contributed by atoms with E-state index >= 15 is 0 Å². The third-order valence-corrected chi connectivity index (χ3v) is 3.35. The second kappa shape index (κ2) is 9.93. The predicted octanol–water partition coefficient (Wildman–Crippen LogP) is 3.09. The number of carbonyl (C=O) groups excluding carboxylic acids is 1. The number of amides is 1. The lowest BCUT2D eigenvalue weighted by Gasteiger charge is -2.11. The number of methoxy groups -OCH3 is 2. The van der Waals surface area contributed by atoms with Crippen LogP contribution in [0.1, 0.15) is 12.5 Å². The van der Waals surface area contributed by atoms with Crippen molar-refractivity contribution in [1.82, 2.24) is 0 Å². The van der Waals surface area contributed by atoms with Crippen LogP contribution in [0.15, 0.2) is 47.6 Å². The molecule has 0 atom stereocenters. The molecule has 2 aromatic rings. The van der Waals surface area contributed by atoms with Crippen LogP contribution in [-0.4, -0.2) is 39.6 Å². The summed E-state index contributed by atoms with van der Waals surface area (Å²) in [4.78, 5) is 17.0. The van der Waals surface area contributed by atoms with Crippen LogP contribution in [0, 0.1) is 0 Å². The van der Waals surface area contributed by atoms with E-state index in [1.54, 1.807) is 25.3 Å². The summed E-state index contributed by atoms with van der Waals surface area (Å²) in [5, 5.41) is 6.49. The van der Waals surface area contributed by atoms with E-state index in [1.165, 1.54) is 13.3 Å². The first-order chi connectivity index (χ1) is 12.7. The number of rotatable bonds is 9. The van der Waals surface area contributed by atoms with Gasteiger partial charge in [-0.25, -0.2) is 0 Å². The fraction of sp³-hybridized carbons (Fsp3) is 0.263. The Kier molecular flexibility index (Phi) is 7.30. The first-order valence-corrected chi connectivity index (χ1v) is 8.06. The summed E-state index contributed by atoms with van der Waals surface area (Å²) in [7, 11) is 3.07. The molecule has 2 aromatic carbocycles. The second-order valence-electron chi connectivity index (χ2n) is 5.12. The lowest BCUT2D eigenvalue weighted by molar-refractivity contribution is -0.120. The highest BCUT2D eigenvalue weighted by Crippen LogP contribution is 2.28. The van der Waals surface area contributed by atoms with Crippen LogP contribution in [0.3, 0.4) is 0 Å². The minimum absolute atomic E-state index is 0.220. The number of benzene rings is 2. The first kappa shape index (κ1) is 19.1. The molecule has 0 aromatic heterocycles. The molecular weight excluding hydrogens is 336 g/mol. The van der Waals surface area contributed by atoms with Gasteiger partial charge in [-0.15, -0.1) is 0 Å². The number of carbonyl (C=O) groups is 1. The number of ether oxygens (including phenoxy) is 3. The largest absolute Gasteiger partial charge is 0.497 e. The van der Waals surface area contributed by atoms with E-state index < -0.39 is 0 Å². The van der Waals surface area contributed by atoms with Crippen molar-refractivity contribution in [3.63, 3.8) is 0 Å². The zero-order valence-electron chi connectivity index (χ0n) is 15.0. The van der Waals surface area contributed by atoms with Gasteiger partial charge in [0.15, 0.2) is 6.61 Å². The predicted molar refractivity (Wildman–Crippen MR) is 99.3 cm³/mol. The fourth-order valence-corrected chi connectivity index (χ4v) is 2.10. The maximum absolute atomic E-state index is 11.9. The van der Waals surface area contributed by atoms with Crippen LogP contribution in [0.5, 0.6) is 17.2 Å². The molecule has 0 aliphatic heterocycles. The molecule has 0 fully saturated rings. The van der Waals surface area contributed by atoms with Crippen molar-refractivity contribution in [3.8, 4) is 17.2 Å². The molecule has 1 amide bonds. The molecule has 2 rings (SSSR count). The van der Waals surface area contributed by atoms with E-state index in [-0.39, 0.29) is 12.5 Å². The molecule has 0 aliphatic carbocycles. The zero-order chi connectivity index (χ0) is 18.8. The summed E-state index contributed by atoms with van der Waals surface area (Å²) < 4.78 is 15.7. The standard InChI is InChI=1S/C19H22N2O5/c1-4-25-15-7-5-14(6-8-15)12-20-26-13-19(22)21-17-10-9-16(23-2)11-18(17)24-3/h5-12H,4,13H2,1-3H3,(H,21,22)/b20-12-. The molecule has 1 N–H and O–H groups in total. The van der Waals surface area contributed by atoms with E-state index in [0.29, 0.717) is 23.8 Å². The Morgan fingerprint density at radius 3 is 2.46 bits per heavy atom.